The van der Waals surface area contributed by atoms with Crippen LogP contribution in [0.25, 0.3) is 0 Å². The van der Waals surface area contributed by atoms with Crippen molar-refractivity contribution in [2.45, 2.75) is 26.8 Å². The summed E-state index contributed by atoms with van der Waals surface area (Å²) in [6.07, 6.45) is 0. The zero-order chi connectivity index (χ0) is 19.1. The molecule has 138 valence electrons. The van der Waals surface area contributed by atoms with Crippen LogP contribution in [0.2, 0.25) is 5.02 Å². The second-order valence-corrected chi connectivity index (χ2v) is 6.29. The predicted octanol–water partition coefficient (Wildman–Crippen LogP) is 4.52. The van der Waals surface area contributed by atoms with E-state index in [1.165, 1.54) is 0 Å². The SMILES string of the molecule is CCOc1ccc(Cl)cc1NC(=O)c1ccc(NC(=O)NC(C)C)cc1. The molecular weight excluding hydrogens is 354 g/mol. The summed E-state index contributed by atoms with van der Waals surface area (Å²) in [5.74, 6) is 0.250. The van der Waals surface area contributed by atoms with Crippen molar-refractivity contribution in [3.8, 4) is 5.75 Å². The average molecular weight is 376 g/mol. The molecule has 2 rings (SSSR count). The minimum atomic E-state index is -0.300. The third kappa shape index (κ3) is 5.67. The maximum Gasteiger partial charge on any atom is 0.319 e. The van der Waals surface area contributed by atoms with Gasteiger partial charge in [-0.05, 0) is 63.2 Å². The number of hydrogen-bond acceptors (Lipinski definition) is 3. The number of halogens is 1. The molecule has 6 nitrogen and oxygen atoms in total. The first-order chi connectivity index (χ1) is 12.4. The fourth-order valence-corrected chi connectivity index (χ4v) is 2.38. The number of benzene rings is 2. The number of amides is 3. The van der Waals surface area contributed by atoms with Crippen molar-refractivity contribution >= 4 is 34.9 Å². The topological polar surface area (TPSA) is 79.5 Å². The van der Waals surface area contributed by atoms with Gasteiger partial charge in [0.25, 0.3) is 5.91 Å². The van der Waals surface area contributed by atoms with E-state index < -0.39 is 0 Å². The van der Waals surface area contributed by atoms with Gasteiger partial charge in [0, 0.05) is 22.3 Å². The van der Waals surface area contributed by atoms with E-state index in [1.54, 1.807) is 42.5 Å². The van der Waals surface area contributed by atoms with Gasteiger partial charge in [-0.1, -0.05) is 11.6 Å². The Balaban J connectivity index is 2.06. The maximum atomic E-state index is 12.5. The minimum Gasteiger partial charge on any atom is -0.492 e. The van der Waals surface area contributed by atoms with Crippen molar-refractivity contribution in [1.82, 2.24) is 5.32 Å². The number of rotatable bonds is 6. The minimum absolute atomic E-state index is 0.0392. The van der Waals surface area contributed by atoms with Crippen LogP contribution in [0.5, 0.6) is 5.75 Å². The summed E-state index contributed by atoms with van der Waals surface area (Å²) in [7, 11) is 0. The Bertz CT molecular complexity index is 776. The average Bonchev–Trinajstić information content (AvgIpc) is 2.57. The molecule has 2 aromatic rings. The molecule has 0 unspecified atom stereocenters. The third-order valence-corrected chi connectivity index (χ3v) is 3.55. The van der Waals surface area contributed by atoms with Crippen molar-refractivity contribution < 1.29 is 14.3 Å². The number of nitrogens with one attached hydrogen (secondary N) is 3. The van der Waals surface area contributed by atoms with Crippen LogP contribution in [-0.2, 0) is 0 Å². The normalized spacial score (nSPS) is 10.3. The van der Waals surface area contributed by atoms with Crippen molar-refractivity contribution in [3.05, 3.63) is 53.1 Å². The molecule has 0 heterocycles. The number of hydrogen-bond donors (Lipinski definition) is 3. The molecule has 0 saturated carbocycles. The Morgan fingerprint density at radius 1 is 1.08 bits per heavy atom. The van der Waals surface area contributed by atoms with Gasteiger partial charge in [0.15, 0.2) is 0 Å². The van der Waals surface area contributed by atoms with Gasteiger partial charge in [-0.2, -0.15) is 0 Å². The molecule has 0 radical (unpaired) electrons. The Morgan fingerprint density at radius 2 is 1.77 bits per heavy atom. The van der Waals surface area contributed by atoms with E-state index in [4.69, 9.17) is 16.3 Å². The van der Waals surface area contributed by atoms with Crippen LogP contribution < -0.4 is 20.7 Å². The molecule has 3 N–H and O–H groups in total. The molecule has 0 aromatic heterocycles. The molecule has 0 fully saturated rings. The quantitative estimate of drug-likeness (QED) is 0.694. The fraction of sp³-hybridized carbons (Fsp3) is 0.263. The van der Waals surface area contributed by atoms with Crippen molar-refractivity contribution in [2.75, 3.05) is 17.2 Å². The molecule has 0 saturated heterocycles. The lowest BCUT2D eigenvalue weighted by atomic mass is 10.2. The van der Waals surface area contributed by atoms with Crippen LogP contribution in [0.4, 0.5) is 16.2 Å². The summed E-state index contributed by atoms with van der Waals surface area (Å²) in [5, 5.41) is 8.72. The molecule has 0 aliphatic rings. The van der Waals surface area contributed by atoms with Gasteiger partial charge in [-0.15, -0.1) is 0 Å². The number of carbonyl (C=O) groups is 2. The van der Waals surface area contributed by atoms with Crippen LogP contribution in [-0.4, -0.2) is 24.6 Å². The zero-order valence-electron chi connectivity index (χ0n) is 14.9. The van der Waals surface area contributed by atoms with Crippen LogP contribution in [0.1, 0.15) is 31.1 Å². The highest BCUT2D eigenvalue weighted by Gasteiger charge is 2.11. The number of urea groups is 1. The first-order valence-electron chi connectivity index (χ1n) is 8.30. The lowest BCUT2D eigenvalue weighted by Crippen LogP contribution is -2.34. The molecule has 0 aliphatic carbocycles. The summed E-state index contributed by atoms with van der Waals surface area (Å²) in [6.45, 7) is 6.09. The zero-order valence-corrected chi connectivity index (χ0v) is 15.7. The van der Waals surface area contributed by atoms with E-state index in [9.17, 15) is 9.59 Å². The van der Waals surface area contributed by atoms with Gasteiger partial charge in [0.1, 0.15) is 5.75 Å². The third-order valence-electron chi connectivity index (χ3n) is 3.31. The highest BCUT2D eigenvalue weighted by atomic mass is 35.5. The standard InChI is InChI=1S/C19H22ClN3O3/c1-4-26-17-10-7-14(20)11-16(17)23-18(24)13-5-8-15(9-6-13)22-19(25)21-12(2)3/h5-12H,4H2,1-3H3,(H,23,24)(H2,21,22,25). The van der Waals surface area contributed by atoms with Crippen LogP contribution in [0.3, 0.4) is 0 Å². The molecular formula is C19H22ClN3O3. The molecule has 3 amide bonds. The molecule has 7 heteroatoms. The number of carbonyl (C=O) groups excluding carboxylic acids is 2. The lowest BCUT2D eigenvalue weighted by molar-refractivity contribution is 0.102. The molecule has 2 aromatic carbocycles. The van der Waals surface area contributed by atoms with Crippen LogP contribution >= 0.6 is 11.6 Å². The lowest BCUT2D eigenvalue weighted by Gasteiger charge is -2.13. The Labute approximate surface area is 157 Å². The largest absolute Gasteiger partial charge is 0.492 e. The molecule has 0 aliphatic heterocycles. The smallest absolute Gasteiger partial charge is 0.319 e. The summed E-state index contributed by atoms with van der Waals surface area (Å²) in [6, 6.07) is 11.4. The second-order valence-electron chi connectivity index (χ2n) is 5.86. The Hall–Kier alpha value is -2.73. The van der Waals surface area contributed by atoms with Gasteiger partial charge in [0.2, 0.25) is 0 Å². The van der Waals surface area contributed by atoms with E-state index in [-0.39, 0.29) is 18.0 Å². The Morgan fingerprint density at radius 3 is 2.38 bits per heavy atom. The summed E-state index contributed by atoms with van der Waals surface area (Å²) in [4.78, 5) is 24.1. The van der Waals surface area contributed by atoms with E-state index in [1.807, 2.05) is 20.8 Å². The van der Waals surface area contributed by atoms with Gasteiger partial charge in [-0.25, -0.2) is 4.79 Å². The Kier molecular flexibility index (Phi) is 6.86. The van der Waals surface area contributed by atoms with E-state index >= 15 is 0 Å². The highest BCUT2D eigenvalue weighted by molar-refractivity contribution is 6.31. The van der Waals surface area contributed by atoms with E-state index in [0.717, 1.165) is 0 Å². The number of anilines is 2. The van der Waals surface area contributed by atoms with Gasteiger partial charge >= 0.3 is 6.03 Å². The van der Waals surface area contributed by atoms with Crippen molar-refractivity contribution in [3.63, 3.8) is 0 Å². The molecule has 0 atom stereocenters. The van der Waals surface area contributed by atoms with E-state index in [0.29, 0.717) is 34.3 Å². The first-order valence-corrected chi connectivity index (χ1v) is 8.68. The van der Waals surface area contributed by atoms with Crippen molar-refractivity contribution in [1.29, 1.82) is 0 Å². The van der Waals surface area contributed by atoms with Gasteiger partial charge in [-0.3, -0.25) is 4.79 Å². The van der Waals surface area contributed by atoms with Crippen LogP contribution in [0, 0.1) is 0 Å². The predicted molar refractivity (Wildman–Crippen MR) is 104 cm³/mol. The molecule has 26 heavy (non-hydrogen) atoms. The van der Waals surface area contributed by atoms with Gasteiger partial charge in [0.05, 0.1) is 12.3 Å². The number of ether oxygens (including phenoxy) is 1. The van der Waals surface area contributed by atoms with Crippen LogP contribution in [0.15, 0.2) is 42.5 Å². The van der Waals surface area contributed by atoms with Crippen molar-refractivity contribution in [2.24, 2.45) is 0 Å². The maximum absolute atomic E-state index is 12.5. The highest BCUT2D eigenvalue weighted by Crippen LogP contribution is 2.28. The van der Waals surface area contributed by atoms with E-state index in [2.05, 4.69) is 16.0 Å². The summed E-state index contributed by atoms with van der Waals surface area (Å²) in [5.41, 5.74) is 1.54. The van der Waals surface area contributed by atoms with Gasteiger partial charge < -0.3 is 20.7 Å². The molecule has 0 bridgehead atoms. The molecule has 0 spiro atoms. The summed E-state index contributed by atoms with van der Waals surface area (Å²) >= 11 is 6.00. The second kappa shape index (κ2) is 9.10. The first kappa shape index (κ1) is 19.6. The monoisotopic (exact) mass is 375 g/mol. The fourth-order valence-electron chi connectivity index (χ4n) is 2.21. The summed E-state index contributed by atoms with van der Waals surface area (Å²) < 4.78 is 5.50.